The number of fused-ring (bicyclic) bond motifs is 4. The number of halogens is 1. The minimum Gasteiger partial charge on any atom is -0.350 e. The number of carbonyl (C=O) groups excluding carboxylic acids is 2. The molecule has 2 amide bonds. The van der Waals surface area contributed by atoms with Gasteiger partial charge in [-0.15, -0.1) is 0 Å². The van der Waals surface area contributed by atoms with Crippen LogP contribution >= 0.6 is 0 Å². The number of carbonyl (C=O) groups is 2. The molecule has 1 N–H and O–H groups in total. The number of rotatable bonds is 6. The Bertz CT molecular complexity index is 1300. The molecule has 42 heavy (non-hydrogen) atoms. The van der Waals surface area contributed by atoms with E-state index in [9.17, 15) is 14.0 Å². The molecule has 226 valence electrons. The number of amides is 2. The number of piperidine rings is 2. The van der Waals surface area contributed by atoms with Crippen LogP contribution in [-0.4, -0.2) is 88.5 Å². The van der Waals surface area contributed by atoms with Gasteiger partial charge in [-0.25, -0.2) is 14.4 Å². The van der Waals surface area contributed by atoms with Crippen LogP contribution < -0.4 is 15.1 Å². The number of aromatic nitrogens is 2. The van der Waals surface area contributed by atoms with Gasteiger partial charge in [-0.1, -0.05) is 0 Å². The van der Waals surface area contributed by atoms with Crippen LogP contribution in [0.2, 0.25) is 0 Å². The molecule has 1 aromatic heterocycles. The van der Waals surface area contributed by atoms with Crippen molar-refractivity contribution in [3.8, 4) is 0 Å². The fraction of sp³-hybridized carbons (Fsp3) is 0.625. The van der Waals surface area contributed by atoms with Crippen molar-refractivity contribution in [2.75, 3.05) is 42.5 Å². The smallest absolute Gasteiger partial charge is 0.256 e. The molecule has 3 saturated heterocycles. The molecule has 1 aliphatic carbocycles. The van der Waals surface area contributed by atoms with Crippen LogP contribution in [0.15, 0.2) is 30.7 Å². The van der Waals surface area contributed by atoms with Gasteiger partial charge >= 0.3 is 0 Å². The first-order chi connectivity index (χ1) is 20.4. The normalized spacial score (nSPS) is 25.8. The molecule has 1 aromatic carbocycles. The van der Waals surface area contributed by atoms with Gasteiger partial charge in [0.05, 0.1) is 23.5 Å². The summed E-state index contributed by atoms with van der Waals surface area (Å²) in [5.41, 5.74) is 1.84. The van der Waals surface area contributed by atoms with E-state index in [2.05, 4.69) is 25.0 Å². The third kappa shape index (κ3) is 5.45. The standard InChI is InChI=1S/C32H44FN7O2/c1-4-38(21(2)3)31(41)26-18-23(33)9-12-27(26)40-17-16-39(30-28(40)19-34-20-35-30)25-6-5-14-37(15-13-25)32(42)29-22-7-10-24(36-29)11-8-22/h9,12,18-22,24-25,29,36H,4-8,10-11,13-17H2,1-3H3/t22?,24?,25?,29-/m0/s1. The van der Waals surface area contributed by atoms with Crippen LogP contribution in [-0.2, 0) is 4.79 Å². The molecule has 5 aliphatic rings. The van der Waals surface area contributed by atoms with E-state index in [4.69, 9.17) is 4.98 Å². The van der Waals surface area contributed by atoms with Crippen LogP contribution in [0.1, 0.15) is 76.1 Å². The fourth-order valence-corrected chi connectivity index (χ4v) is 7.67. The lowest BCUT2D eigenvalue weighted by Gasteiger charge is -2.44. The molecular weight excluding hydrogens is 533 g/mol. The molecule has 0 spiro atoms. The first-order valence-corrected chi connectivity index (χ1v) is 15.8. The molecule has 5 heterocycles. The van der Waals surface area contributed by atoms with Gasteiger partial charge in [0, 0.05) is 50.8 Å². The zero-order valence-corrected chi connectivity index (χ0v) is 25.1. The Labute approximate surface area is 248 Å². The second kappa shape index (κ2) is 12.1. The average molecular weight is 578 g/mol. The van der Waals surface area contributed by atoms with Crippen molar-refractivity contribution in [2.24, 2.45) is 5.92 Å². The Hall–Kier alpha value is -3.27. The quantitative estimate of drug-likeness (QED) is 0.546. The van der Waals surface area contributed by atoms with Crippen molar-refractivity contribution < 1.29 is 14.0 Å². The SMILES string of the molecule is CCN(C(=O)c1cc(F)ccc1N1CCN(C2CCCN(C(=O)[C@H]3NC4CCC3CC4)CC2)c2ncncc21)C(C)C. The third-order valence-corrected chi connectivity index (χ3v) is 9.88. The zero-order chi connectivity index (χ0) is 29.4. The van der Waals surface area contributed by atoms with Gasteiger partial charge in [-0.3, -0.25) is 9.59 Å². The summed E-state index contributed by atoms with van der Waals surface area (Å²) in [5.74, 6) is 0.974. The molecule has 2 atom stereocenters. The van der Waals surface area contributed by atoms with E-state index in [0.717, 1.165) is 43.9 Å². The minimum absolute atomic E-state index is 0.00295. The summed E-state index contributed by atoms with van der Waals surface area (Å²) in [7, 11) is 0. The van der Waals surface area contributed by atoms with Crippen LogP contribution in [0.5, 0.6) is 0 Å². The highest BCUT2D eigenvalue weighted by atomic mass is 19.1. The van der Waals surface area contributed by atoms with E-state index in [1.807, 2.05) is 20.8 Å². The predicted octanol–water partition coefficient (Wildman–Crippen LogP) is 4.36. The highest BCUT2D eigenvalue weighted by Crippen LogP contribution is 2.40. The molecule has 10 heteroatoms. The predicted molar refractivity (Wildman–Crippen MR) is 162 cm³/mol. The Balaban J connectivity index is 1.21. The highest BCUT2D eigenvalue weighted by Gasteiger charge is 2.41. The van der Waals surface area contributed by atoms with Crippen LogP contribution in [0, 0.1) is 11.7 Å². The molecule has 7 rings (SSSR count). The Morgan fingerprint density at radius 3 is 2.57 bits per heavy atom. The average Bonchev–Trinajstić information content (AvgIpc) is 3.27. The van der Waals surface area contributed by atoms with Gasteiger partial charge in [0.1, 0.15) is 17.8 Å². The van der Waals surface area contributed by atoms with E-state index < -0.39 is 5.82 Å². The van der Waals surface area contributed by atoms with Crippen LogP contribution in [0.3, 0.4) is 0 Å². The zero-order valence-electron chi connectivity index (χ0n) is 25.1. The van der Waals surface area contributed by atoms with Gasteiger partial charge in [-0.2, -0.15) is 0 Å². The number of hydrogen-bond acceptors (Lipinski definition) is 7. The summed E-state index contributed by atoms with van der Waals surface area (Å²) in [6.07, 6.45) is 10.9. The van der Waals surface area contributed by atoms with E-state index in [1.165, 1.54) is 37.8 Å². The van der Waals surface area contributed by atoms with E-state index in [-0.39, 0.29) is 29.9 Å². The number of hydrogen-bond donors (Lipinski definition) is 1. The van der Waals surface area contributed by atoms with Gasteiger partial charge in [0.15, 0.2) is 5.82 Å². The molecule has 1 saturated carbocycles. The van der Waals surface area contributed by atoms with Crippen LogP contribution in [0.25, 0.3) is 0 Å². The summed E-state index contributed by atoms with van der Waals surface area (Å²) >= 11 is 0. The summed E-state index contributed by atoms with van der Waals surface area (Å²) in [4.78, 5) is 44.5. The van der Waals surface area contributed by atoms with Gasteiger partial charge in [-0.05, 0) is 89.8 Å². The van der Waals surface area contributed by atoms with E-state index >= 15 is 0 Å². The van der Waals surface area contributed by atoms with Gasteiger partial charge in [0.2, 0.25) is 5.91 Å². The molecule has 9 nitrogen and oxygen atoms in total. The highest BCUT2D eigenvalue weighted by molar-refractivity contribution is 6.01. The number of nitrogens with zero attached hydrogens (tertiary/aromatic N) is 6. The Morgan fingerprint density at radius 2 is 1.86 bits per heavy atom. The number of likely N-dealkylation sites (tertiary alicyclic amines) is 1. The van der Waals surface area contributed by atoms with Crippen molar-refractivity contribution >= 4 is 29.0 Å². The van der Waals surface area contributed by atoms with Crippen molar-refractivity contribution in [3.63, 3.8) is 0 Å². The molecular formula is C32H44FN7O2. The Kier molecular flexibility index (Phi) is 8.34. The first-order valence-electron chi connectivity index (χ1n) is 15.8. The third-order valence-electron chi connectivity index (χ3n) is 9.88. The van der Waals surface area contributed by atoms with E-state index in [1.54, 1.807) is 23.5 Å². The summed E-state index contributed by atoms with van der Waals surface area (Å²) in [6, 6.07) is 5.20. The number of nitrogens with one attached hydrogen (secondary N) is 1. The lowest BCUT2D eigenvalue weighted by atomic mass is 9.76. The molecule has 0 radical (unpaired) electrons. The largest absolute Gasteiger partial charge is 0.350 e. The maximum atomic E-state index is 14.5. The molecule has 4 aliphatic heterocycles. The minimum atomic E-state index is -0.432. The lowest BCUT2D eigenvalue weighted by molar-refractivity contribution is -0.137. The topological polar surface area (TPSA) is 84.9 Å². The van der Waals surface area contributed by atoms with Crippen molar-refractivity contribution in [1.82, 2.24) is 25.1 Å². The monoisotopic (exact) mass is 577 g/mol. The van der Waals surface area contributed by atoms with Crippen molar-refractivity contribution in [3.05, 3.63) is 42.1 Å². The first kappa shape index (κ1) is 28.8. The van der Waals surface area contributed by atoms with E-state index in [0.29, 0.717) is 42.8 Å². The van der Waals surface area contributed by atoms with Crippen LogP contribution in [0.4, 0.5) is 21.6 Å². The summed E-state index contributed by atoms with van der Waals surface area (Å²) in [6.45, 7) is 9.30. The second-order valence-electron chi connectivity index (χ2n) is 12.6. The Morgan fingerprint density at radius 1 is 1.05 bits per heavy atom. The molecule has 4 fully saturated rings. The number of benzene rings is 1. The van der Waals surface area contributed by atoms with Gasteiger partial charge in [0.25, 0.3) is 5.91 Å². The second-order valence-corrected chi connectivity index (χ2v) is 12.6. The fourth-order valence-electron chi connectivity index (χ4n) is 7.67. The maximum Gasteiger partial charge on any atom is 0.256 e. The lowest BCUT2D eigenvalue weighted by Crippen LogP contribution is -2.59. The molecule has 2 aromatic rings. The van der Waals surface area contributed by atoms with Crippen molar-refractivity contribution in [2.45, 2.75) is 89.9 Å². The van der Waals surface area contributed by atoms with Crippen molar-refractivity contribution in [1.29, 1.82) is 0 Å². The molecule has 2 bridgehead atoms. The molecule has 1 unspecified atom stereocenters. The summed E-state index contributed by atoms with van der Waals surface area (Å²) in [5, 5.41) is 3.64. The number of anilines is 3. The summed E-state index contributed by atoms with van der Waals surface area (Å²) < 4.78 is 14.5. The maximum absolute atomic E-state index is 14.5. The van der Waals surface area contributed by atoms with Gasteiger partial charge < -0.3 is 24.9 Å².